The minimum atomic E-state index is -0.562. The molecule has 0 fully saturated rings. The molecule has 1 atom stereocenters. The van der Waals surface area contributed by atoms with E-state index in [1.807, 2.05) is 6.92 Å². The lowest BCUT2D eigenvalue weighted by atomic mass is 10.2. The highest BCUT2D eigenvalue weighted by molar-refractivity contribution is 6.28. The van der Waals surface area contributed by atoms with Crippen LogP contribution in [0.2, 0.25) is 5.28 Å². The van der Waals surface area contributed by atoms with E-state index in [2.05, 4.69) is 25.3 Å². The smallest absolute Gasteiger partial charge is 0.329 e. The number of hydrogen-bond acceptors (Lipinski definition) is 6. The van der Waals surface area contributed by atoms with Gasteiger partial charge in [-0.2, -0.15) is 4.98 Å². The van der Waals surface area contributed by atoms with Crippen molar-refractivity contribution in [2.45, 2.75) is 19.4 Å². The number of nitrogens with one attached hydrogen (secondary N) is 2. The molecule has 2 aromatic heterocycles. The van der Waals surface area contributed by atoms with Crippen molar-refractivity contribution in [2.24, 2.45) is 0 Å². The van der Waals surface area contributed by atoms with E-state index in [0.29, 0.717) is 12.2 Å². The van der Waals surface area contributed by atoms with Crippen molar-refractivity contribution in [2.75, 3.05) is 5.32 Å². The van der Waals surface area contributed by atoms with E-state index in [1.165, 1.54) is 0 Å². The molecule has 0 aliphatic heterocycles. The van der Waals surface area contributed by atoms with Gasteiger partial charge in [0, 0.05) is 12.4 Å². The normalized spacial score (nSPS) is 12.1. The van der Waals surface area contributed by atoms with Gasteiger partial charge in [0.2, 0.25) is 11.1 Å². The highest BCUT2D eigenvalue weighted by Crippen LogP contribution is 2.26. The Morgan fingerprint density at radius 3 is 2.95 bits per heavy atom. The Morgan fingerprint density at radius 1 is 1.58 bits per heavy atom. The van der Waals surface area contributed by atoms with Crippen LogP contribution in [0.5, 0.6) is 0 Å². The lowest BCUT2D eigenvalue weighted by Gasteiger charge is -2.15. The number of H-pyrrole nitrogens is 1. The second-order valence-corrected chi connectivity index (χ2v) is 4.05. The molecule has 2 heterocycles. The molecule has 2 aromatic rings. The summed E-state index contributed by atoms with van der Waals surface area (Å²) >= 11 is 5.66. The van der Waals surface area contributed by atoms with Crippen LogP contribution in [0.4, 0.5) is 11.5 Å². The first-order valence-corrected chi connectivity index (χ1v) is 5.92. The number of halogens is 1. The van der Waals surface area contributed by atoms with Gasteiger partial charge >= 0.3 is 5.69 Å². The van der Waals surface area contributed by atoms with Crippen molar-refractivity contribution in [3.05, 3.63) is 39.8 Å². The highest BCUT2D eigenvalue weighted by atomic mass is 35.5. The minimum absolute atomic E-state index is 0.0533. The Kier molecular flexibility index (Phi) is 3.91. The van der Waals surface area contributed by atoms with Crippen molar-refractivity contribution in [1.29, 1.82) is 0 Å². The number of nitro groups is 1. The number of anilines is 1. The molecule has 2 rings (SSSR count). The maximum atomic E-state index is 10.9. The van der Waals surface area contributed by atoms with Gasteiger partial charge in [0.05, 0.1) is 11.0 Å². The summed E-state index contributed by atoms with van der Waals surface area (Å²) in [4.78, 5) is 24.9. The van der Waals surface area contributed by atoms with Crippen molar-refractivity contribution >= 4 is 23.1 Å². The van der Waals surface area contributed by atoms with Crippen LogP contribution in [0.3, 0.4) is 0 Å². The fourth-order valence-corrected chi connectivity index (χ4v) is 1.72. The van der Waals surface area contributed by atoms with Crippen LogP contribution >= 0.6 is 11.6 Å². The second-order valence-electron chi connectivity index (χ2n) is 3.71. The fourth-order valence-electron chi connectivity index (χ4n) is 1.59. The molecule has 0 aromatic carbocycles. The first kappa shape index (κ1) is 13.2. The molecule has 8 nitrogen and oxygen atoms in total. The van der Waals surface area contributed by atoms with Gasteiger partial charge in [-0.3, -0.25) is 10.1 Å². The lowest BCUT2D eigenvalue weighted by Crippen LogP contribution is -2.14. The predicted octanol–water partition coefficient (Wildman–Crippen LogP) is 2.32. The van der Waals surface area contributed by atoms with Crippen LogP contribution in [0.1, 0.15) is 25.2 Å². The third-order valence-corrected chi connectivity index (χ3v) is 2.69. The SMILES string of the molecule is CCC(Nc1nc(Cl)ncc1[N+](=O)[O-])c1ncc[nH]1. The molecule has 0 aliphatic rings. The summed E-state index contributed by atoms with van der Waals surface area (Å²) in [6.07, 6.45) is 5.04. The van der Waals surface area contributed by atoms with Gasteiger partial charge in [0.25, 0.3) is 0 Å². The second kappa shape index (κ2) is 5.61. The van der Waals surface area contributed by atoms with Gasteiger partial charge in [-0.05, 0) is 18.0 Å². The molecule has 1 unspecified atom stereocenters. The predicted molar refractivity (Wildman–Crippen MR) is 68.9 cm³/mol. The number of imidazole rings is 1. The summed E-state index contributed by atoms with van der Waals surface area (Å²) in [6.45, 7) is 1.93. The molecule has 0 aliphatic carbocycles. The van der Waals surface area contributed by atoms with E-state index in [1.54, 1.807) is 12.4 Å². The standard InChI is InChI=1S/C10H11ClN6O2/c1-2-6(8-12-3-4-13-8)15-9-7(17(18)19)5-14-10(11)16-9/h3-6H,2H2,1H3,(H,12,13)(H,14,15,16). The van der Waals surface area contributed by atoms with E-state index in [4.69, 9.17) is 11.6 Å². The van der Waals surface area contributed by atoms with Crippen LogP contribution in [0, 0.1) is 10.1 Å². The fraction of sp³-hybridized carbons (Fsp3) is 0.300. The van der Waals surface area contributed by atoms with Gasteiger partial charge in [-0.1, -0.05) is 6.92 Å². The van der Waals surface area contributed by atoms with Gasteiger partial charge in [0.1, 0.15) is 12.0 Å². The molecule has 0 spiro atoms. The van der Waals surface area contributed by atoms with Gasteiger partial charge < -0.3 is 10.3 Å². The van der Waals surface area contributed by atoms with E-state index in [-0.39, 0.29) is 22.8 Å². The molecule has 0 saturated carbocycles. The van der Waals surface area contributed by atoms with Crippen LogP contribution < -0.4 is 5.32 Å². The Hall–Kier alpha value is -2.22. The van der Waals surface area contributed by atoms with Crippen molar-refractivity contribution < 1.29 is 4.92 Å². The number of hydrogen-bond donors (Lipinski definition) is 2. The Bertz CT molecular complexity index is 573. The summed E-state index contributed by atoms with van der Waals surface area (Å²) in [5.74, 6) is 0.750. The maximum absolute atomic E-state index is 10.9. The number of nitrogens with zero attached hydrogens (tertiary/aromatic N) is 4. The third-order valence-electron chi connectivity index (χ3n) is 2.51. The number of rotatable bonds is 5. The molecule has 19 heavy (non-hydrogen) atoms. The van der Waals surface area contributed by atoms with Crippen LogP contribution in [-0.4, -0.2) is 24.9 Å². The average Bonchev–Trinajstić information content (AvgIpc) is 2.89. The van der Waals surface area contributed by atoms with E-state index >= 15 is 0 Å². The zero-order valence-electron chi connectivity index (χ0n) is 10.00. The molecule has 0 radical (unpaired) electrons. The largest absolute Gasteiger partial charge is 0.354 e. The summed E-state index contributed by atoms with van der Waals surface area (Å²) in [7, 11) is 0. The maximum Gasteiger partial charge on any atom is 0.329 e. The van der Waals surface area contributed by atoms with E-state index in [9.17, 15) is 10.1 Å². The van der Waals surface area contributed by atoms with E-state index < -0.39 is 4.92 Å². The third kappa shape index (κ3) is 2.97. The molecule has 0 saturated heterocycles. The van der Waals surface area contributed by atoms with Crippen molar-refractivity contribution in [3.63, 3.8) is 0 Å². The zero-order chi connectivity index (χ0) is 13.8. The first-order chi connectivity index (χ1) is 9.11. The first-order valence-electron chi connectivity index (χ1n) is 5.54. The quantitative estimate of drug-likeness (QED) is 0.495. The topological polar surface area (TPSA) is 110 Å². The number of aromatic amines is 1. The summed E-state index contributed by atoms with van der Waals surface area (Å²) in [5, 5.41) is 13.8. The van der Waals surface area contributed by atoms with Crippen molar-refractivity contribution in [3.8, 4) is 0 Å². The molecular weight excluding hydrogens is 272 g/mol. The van der Waals surface area contributed by atoms with Crippen LogP contribution in [-0.2, 0) is 0 Å². The molecule has 100 valence electrons. The monoisotopic (exact) mass is 282 g/mol. The van der Waals surface area contributed by atoms with Gasteiger partial charge in [0.15, 0.2) is 0 Å². The Balaban J connectivity index is 2.31. The average molecular weight is 283 g/mol. The molecular formula is C10H11ClN6O2. The molecule has 9 heteroatoms. The van der Waals surface area contributed by atoms with Gasteiger partial charge in [-0.25, -0.2) is 9.97 Å². The van der Waals surface area contributed by atoms with Gasteiger partial charge in [-0.15, -0.1) is 0 Å². The Morgan fingerprint density at radius 2 is 2.37 bits per heavy atom. The molecule has 0 bridgehead atoms. The summed E-state index contributed by atoms with van der Waals surface area (Å²) in [5.41, 5.74) is -0.227. The van der Waals surface area contributed by atoms with E-state index in [0.717, 1.165) is 6.20 Å². The van der Waals surface area contributed by atoms with Crippen molar-refractivity contribution in [1.82, 2.24) is 19.9 Å². The summed E-state index contributed by atoms with van der Waals surface area (Å²) < 4.78 is 0. The van der Waals surface area contributed by atoms with Crippen LogP contribution in [0.15, 0.2) is 18.6 Å². The highest BCUT2D eigenvalue weighted by Gasteiger charge is 2.21. The number of aromatic nitrogens is 4. The minimum Gasteiger partial charge on any atom is -0.354 e. The van der Waals surface area contributed by atoms with Crippen LogP contribution in [0.25, 0.3) is 0 Å². The Labute approximate surface area is 113 Å². The lowest BCUT2D eigenvalue weighted by molar-refractivity contribution is -0.384. The zero-order valence-corrected chi connectivity index (χ0v) is 10.8. The molecule has 2 N–H and O–H groups in total. The molecule has 0 amide bonds. The summed E-state index contributed by atoms with van der Waals surface area (Å²) in [6, 6.07) is -0.223.